The van der Waals surface area contributed by atoms with Gasteiger partial charge in [-0.2, -0.15) is 0 Å². The molecule has 0 unspecified atom stereocenters. The highest BCUT2D eigenvalue weighted by Crippen LogP contribution is 2.13. The molecule has 1 heterocycles. The lowest BCUT2D eigenvalue weighted by Gasteiger charge is -2.22. The van der Waals surface area contributed by atoms with Gasteiger partial charge in [0.2, 0.25) is 0 Å². The van der Waals surface area contributed by atoms with Crippen molar-refractivity contribution in [1.29, 1.82) is 0 Å². The Balaban J connectivity index is 2.35. The number of methoxy groups -OCH3 is 1. The number of ether oxygens (including phenoxy) is 1. The first-order valence-electron chi connectivity index (χ1n) is 5.25. The summed E-state index contributed by atoms with van der Waals surface area (Å²) >= 11 is 0. The number of rotatable bonds is 5. The quantitative estimate of drug-likeness (QED) is 0.807. The molecule has 1 N–H and O–H groups in total. The van der Waals surface area contributed by atoms with E-state index >= 15 is 0 Å². The van der Waals surface area contributed by atoms with Crippen molar-refractivity contribution in [2.75, 3.05) is 19.0 Å². The normalized spacial score (nSPS) is 11.5. The Hall–Kier alpha value is -1.09. The van der Waals surface area contributed by atoms with Crippen LogP contribution in [0.15, 0.2) is 18.3 Å². The van der Waals surface area contributed by atoms with E-state index in [4.69, 9.17) is 4.74 Å². The van der Waals surface area contributed by atoms with Gasteiger partial charge < -0.3 is 10.1 Å². The number of nitrogens with zero attached hydrogens (tertiary/aromatic N) is 1. The standard InChI is InChI=1S/C12H20N2O/c1-10-5-6-11(9-14-10)13-8-7-12(2,3)15-4/h5-6,9,13H,7-8H2,1-4H3. The van der Waals surface area contributed by atoms with Gasteiger partial charge in [-0.15, -0.1) is 0 Å². The van der Waals surface area contributed by atoms with Crippen LogP contribution in [0.5, 0.6) is 0 Å². The predicted molar refractivity (Wildman–Crippen MR) is 63.2 cm³/mol. The van der Waals surface area contributed by atoms with Gasteiger partial charge in [-0.3, -0.25) is 4.98 Å². The molecule has 0 atom stereocenters. The number of anilines is 1. The fourth-order valence-corrected chi connectivity index (χ4v) is 1.18. The molecule has 15 heavy (non-hydrogen) atoms. The van der Waals surface area contributed by atoms with Crippen LogP contribution in [0.2, 0.25) is 0 Å². The third kappa shape index (κ3) is 4.30. The summed E-state index contributed by atoms with van der Waals surface area (Å²) in [6.45, 7) is 7.05. The lowest BCUT2D eigenvalue weighted by molar-refractivity contribution is 0.0185. The Labute approximate surface area is 91.9 Å². The van der Waals surface area contributed by atoms with E-state index in [1.807, 2.05) is 25.3 Å². The van der Waals surface area contributed by atoms with E-state index in [2.05, 4.69) is 24.1 Å². The van der Waals surface area contributed by atoms with Gasteiger partial charge in [0.05, 0.1) is 17.5 Å². The Kier molecular flexibility index (Phi) is 4.09. The Morgan fingerprint density at radius 1 is 1.40 bits per heavy atom. The average Bonchev–Trinajstić information content (AvgIpc) is 2.21. The number of pyridine rings is 1. The highest BCUT2D eigenvalue weighted by Gasteiger charge is 2.14. The van der Waals surface area contributed by atoms with Crippen molar-refractivity contribution in [1.82, 2.24) is 4.98 Å². The molecular weight excluding hydrogens is 188 g/mol. The topological polar surface area (TPSA) is 34.1 Å². The van der Waals surface area contributed by atoms with Crippen LogP contribution in [0, 0.1) is 6.92 Å². The summed E-state index contributed by atoms with van der Waals surface area (Å²) in [7, 11) is 1.74. The fourth-order valence-electron chi connectivity index (χ4n) is 1.18. The van der Waals surface area contributed by atoms with Gasteiger partial charge in [-0.05, 0) is 39.3 Å². The first-order valence-corrected chi connectivity index (χ1v) is 5.25. The fraction of sp³-hybridized carbons (Fsp3) is 0.583. The van der Waals surface area contributed by atoms with Gasteiger partial charge in [-0.1, -0.05) is 0 Å². The number of aryl methyl sites for hydroxylation is 1. The number of hydrogen-bond donors (Lipinski definition) is 1. The summed E-state index contributed by atoms with van der Waals surface area (Å²) in [5, 5.41) is 3.32. The van der Waals surface area contributed by atoms with E-state index in [-0.39, 0.29) is 5.60 Å². The summed E-state index contributed by atoms with van der Waals surface area (Å²) in [6.07, 6.45) is 2.83. The number of nitrogens with one attached hydrogen (secondary N) is 1. The molecule has 0 bridgehead atoms. The van der Waals surface area contributed by atoms with Crippen LogP contribution in [-0.4, -0.2) is 24.2 Å². The molecule has 0 fully saturated rings. The first kappa shape index (κ1) is 12.0. The molecule has 1 rings (SSSR count). The summed E-state index contributed by atoms with van der Waals surface area (Å²) in [5.41, 5.74) is 2.04. The Morgan fingerprint density at radius 2 is 2.13 bits per heavy atom. The molecule has 0 spiro atoms. The monoisotopic (exact) mass is 208 g/mol. The second-order valence-corrected chi connectivity index (χ2v) is 4.33. The number of aromatic nitrogens is 1. The summed E-state index contributed by atoms with van der Waals surface area (Å²) < 4.78 is 5.34. The van der Waals surface area contributed by atoms with Crippen LogP contribution in [0.4, 0.5) is 5.69 Å². The molecule has 0 aliphatic rings. The van der Waals surface area contributed by atoms with E-state index in [9.17, 15) is 0 Å². The predicted octanol–water partition coefficient (Wildman–Crippen LogP) is 2.62. The van der Waals surface area contributed by atoms with Crippen LogP contribution in [-0.2, 0) is 4.74 Å². The Bertz CT molecular complexity index is 293. The van der Waals surface area contributed by atoms with Gasteiger partial charge in [0, 0.05) is 19.3 Å². The van der Waals surface area contributed by atoms with Crippen LogP contribution in [0.25, 0.3) is 0 Å². The van der Waals surface area contributed by atoms with Crippen molar-refractivity contribution in [3.63, 3.8) is 0 Å². The minimum absolute atomic E-state index is 0.0644. The third-order valence-corrected chi connectivity index (χ3v) is 2.52. The van der Waals surface area contributed by atoms with Crippen molar-refractivity contribution < 1.29 is 4.74 Å². The molecular formula is C12H20N2O. The maximum atomic E-state index is 5.34. The molecule has 0 amide bonds. The van der Waals surface area contributed by atoms with Crippen molar-refractivity contribution >= 4 is 5.69 Å². The highest BCUT2D eigenvalue weighted by molar-refractivity contribution is 5.40. The van der Waals surface area contributed by atoms with Crippen LogP contribution >= 0.6 is 0 Å². The second kappa shape index (κ2) is 5.12. The van der Waals surface area contributed by atoms with Crippen molar-refractivity contribution in [2.24, 2.45) is 0 Å². The van der Waals surface area contributed by atoms with Crippen molar-refractivity contribution in [3.05, 3.63) is 24.0 Å². The average molecular weight is 208 g/mol. The zero-order valence-electron chi connectivity index (χ0n) is 10.0. The van der Waals surface area contributed by atoms with E-state index in [0.717, 1.165) is 24.3 Å². The lowest BCUT2D eigenvalue weighted by Crippen LogP contribution is -2.25. The third-order valence-electron chi connectivity index (χ3n) is 2.52. The summed E-state index contributed by atoms with van der Waals surface area (Å²) in [4.78, 5) is 4.22. The SMILES string of the molecule is COC(C)(C)CCNc1ccc(C)nc1. The zero-order chi connectivity index (χ0) is 11.3. The van der Waals surface area contributed by atoms with Crippen LogP contribution < -0.4 is 5.32 Å². The van der Waals surface area contributed by atoms with Gasteiger partial charge in [0.25, 0.3) is 0 Å². The van der Waals surface area contributed by atoms with Crippen molar-refractivity contribution in [3.8, 4) is 0 Å². The molecule has 0 radical (unpaired) electrons. The molecule has 0 aromatic carbocycles. The molecule has 3 heteroatoms. The first-order chi connectivity index (χ1) is 7.03. The summed E-state index contributed by atoms with van der Waals surface area (Å²) in [6, 6.07) is 4.05. The van der Waals surface area contributed by atoms with E-state index in [1.54, 1.807) is 7.11 Å². The molecule has 3 nitrogen and oxygen atoms in total. The van der Waals surface area contributed by atoms with E-state index in [1.165, 1.54) is 0 Å². The lowest BCUT2D eigenvalue weighted by atomic mass is 10.1. The second-order valence-electron chi connectivity index (χ2n) is 4.33. The van der Waals surface area contributed by atoms with E-state index in [0.29, 0.717) is 0 Å². The largest absolute Gasteiger partial charge is 0.384 e. The van der Waals surface area contributed by atoms with Gasteiger partial charge in [0.1, 0.15) is 0 Å². The van der Waals surface area contributed by atoms with Crippen LogP contribution in [0.3, 0.4) is 0 Å². The summed E-state index contributed by atoms with van der Waals surface area (Å²) in [5.74, 6) is 0. The maximum Gasteiger partial charge on any atom is 0.0639 e. The molecule has 0 aliphatic carbocycles. The van der Waals surface area contributed by atoms with Gasteiger partial charge in [-0.25, -0.2) is 0 Å². The Morgan fingerprint density at radius 3 is 2.67 bits per heavy atom. The number of hydrogen-bond acceptors (Lipinski definition) is 3. The molecule has 0 aliphatic heterocycles. The zero-order valence-corrected chi connectivity index (χ0v) is 10.0. The molecule has 84 valence electrons. The molecule has 0 saturated carbocycles. The maximum absolute atomic E-state index is 5.34. The van der Waals surface area contributed by atoms with E-state index < -0.39 is 0 Å². The van der Waals surface area contributed by atoms with Crippen molar-refractivity contribution in [2.45, 2.75) is 32.8 Å². The molecule has 0 saturated heterocycles. The van der Waals surface area contributed by atoms with Crippen LogP contribution in [0.1, 0.15) is 26.0 Å². The van der Waals surface area contributed by atoms with Gasteiger partial charge >= 0.3 is 0 Å². The molecule has 1 aromatic rings. The smallest absolute Gasteiger partial charge is 0.0639 e. The minimum atomic E-state index is -0.0644. The highest BCUT2D eigenvalue weighted by atomic mass is 16.5. The minimum Gasteiger partial charge on any atom is -0.384 e. The van der Waals surface area contributed by atoms with Gasteiger partial charge in [0.15, 0.2) is 0 Å². The molecule has 1 aromatic heterocycles.